The van der Waals surface area contributed by atoms with Crippen molar-refractivity contribution < 1.29 is 4.79 Å². The molecule has 2 nitrogen and oxygen atoms in total. The van der Waals surface area contributed by atoms with Crippen molar-refractivity contribution in [1.82, 2.24) is 4.57 Å². The number of carbonyl (C=O) groups is 1. The Morgan fingerprint density at radius 2 is 1.83 bits per heavy atom. The van der Waals surface area contributed by atoms with Crippen molar-refractivity contribution in [2.45, 2.75) is 58.8 Å². The number of Topliss-reactive ketones (excluding diaryl/α,β-unsaturated/α-hetero) is 1. The lowest BCUT2D eigenvalue weighted by Gasteiger charge is -2.14. The number of aryl methyl sites for hydroxylation is 2. The lowest BCUT2D eigenvalue weighted by Crippen LogP contribution is -2.14. The van der Waals surface area contributed by atoms with Gasteiger partial charge in [-0.05, 0) is 61.4 Å². The van der Waals surface area contributed by atoms with E-state index in [-0.39, 0.29) is 5.92 Å². The molecule has 0 saturated heterocycles. The molecule has 0 bridgehead atoms. The third-order valence-electron chi connectivity index (χ3n) is 6.01. The molecule has 2 aromatic carbocycles. The van der Waals surface area contributed by atoms with Crippen molar-refractivity contribution in [1.29, 1.82) is 0 Å². The standard InChI is InChI=1S/C28H35NO/c1-4-6-7-19-28(30)23(12-5-2)16-10-13-22-14-11-17-24(20-22)27-21-25-15-8-9-18-26(25)29(27)3/h6-9,11,14-15,17-18,20-21,23H,4-5,10,12-13,16,19H2,1-3H3/b7-6-. The van der Waals surface area contributed by atoms with Crippen LogP contribution in [0.4, 0.5) is 0 Å². The average molecular weight is 402 g/mol. The fourth-order valence-electron chi connectivity index (χ4n) is 4.35. The molecule has 0 radical (unpaired) electrons. The van der Waals surface area contributed by atoms with Gasteiger partial charge in [0.25, 0.3) is 0 Å². The van der Waals surface area contributed by atoms with Gasteiger partial charge in [-0.15, -0.1) is 0 Å². The highest BCUT2D eigenvalue weighted by atomic mass is 16.1. The Labute approximate surface area is 181 Å². The number of aromatic nitrogens is 1. The van der Waals surface area contributed by atoms with Crippen molar-refractivity contribution >= 4 is 16.7 Å². The summed E-state index contributed by atoms with van der Waals surface area (Å²) in [6.07, 6.45) is 10.9. The molecule has 3 rings (SSSR count). The number of ketones is 1. The van der Waals surface area contributed by atoms with Crippen LogP contribution in [-0.2, 0) is 18.3 Å². The third-order valence-corrected chi connectivity index (χ3v) is 6.01. The first-order valence-corrected chi connectivity index (χ1v) is 11.5. The number of allylic oxidation sites excluding steroid dienone is 2. The molecule has 3 aromatic rings. The van der Waals surface area contributed by atoms with Crippen LogP contribution in [0.5, 0.6) is 0 Å². The number of hydrogen-bond acceptors (Lipinski definition) is 1. The second-order valence-corrected chi connectivity index (χ2v) is 8.28. The lowest BCUT2D eigenvalue weighted by atomic mass is 9.90. The predicted molar refractivity (Wildman–Crippen MR) is 129 cm³/mol. The van der Waals surface area contributed by atoms with Crippen molar-refractivity contribution in [2.75, 3.05) is 0 Å². The Morgan fingerprint density at radius 3 is 2.60 bits per heavy atom. The summed E-state index contributed by atoms with van der Waals surface area (Å²) in [5.74, 6) is 0.615. The Balaban J connectivity index is 1.65. The maximum Gasteiger partial charge on any atom is 0.139 e. The molecule has 1 heterocycles. The summed E-state index contributed by atoms with van der Waals surface area (Å²) in [5, 5.41) is 1.28. The van der Waals surface area contributed by atoms with Crippen LogP contribution in [0.1, 0.15) is 57.9 Å². The second-order valence-electron chi connectivity index (χ2n) is 8.28. The highest BCUT2D eigenvalue weighted by Gasteiger charge is 2.16. The van der Waals surface area contributed by atoms with Crippen LogP contribution >= 0.6 is 0 Å². The number of fused-ring (bicyclic) bond motifs is 1. The van der Waals surface area contributed by atoms with E-state index in [0.29, 0.717) is 12.2 Å². The van der Waals surface area contributed by atoms with Gasteiger partial charge in [-0.3, -0.25) is 4.79 Å². The molecule has 30 heavy (non-hydrogen) atoms. The first-order chi connectivity index (χ1) is 14.6. The topological polar surface area (TPSA) is 22.0 Å². The van der Waals surface area contributed by atoms with Gasteiger partial charge in [-0.2, -0.15) is 0 Å². The molecule has 0 aliphatic rings. The van der Waals surface area contributed by atoms with E-state index in [0.717, 1.165) is 38.5 Å². The summed E-state index contributed by atoms with van der Waals surface area (Å²) in [7, 11) is 2.14. The van der Waals surface area contributed by atoms with Gasteiger partial charge in [0.1, 0.15) is 5.78 Å². The summed E-state index contributed by atoms with van der Waals surface area (Å²) in [5.41, 5.74) is 5.12. The molecular weight excluding hydrogens is 366 g/mol. The monoisotopic (exact) mass is 401 g/mol. The Kier molecular flexibility index (Phi) is 8.07. The minimum atomic E-state index is 0.206. The largest absolute Gasteiger partial charge is 0.344 e. The quantitative estimate of drug-likeness (QED) is 0.305. The zero-order valence-corrected chi connectivity index (χ0v) is 18.7. The molecule has 0 fully saturated rings. The van der Waals surface area contributed by atoms with Gasteiger partial charge >= 0.3 is 0 Å². The number of benzene rings is 2. The Morgan fingerprint density at radius 1 is 1.00 bits per heavy atom. The van der Waals surface area contributed by atoms with Gasteiger partial charge in [-0.25, -0.2) is 0 Å². The summed E-state index contributed by atoms with van der Waals surface area (Å²) < 4.78 is 2.27. The molecule has 0 spiro atoms. The van der Waals surface area contributed by atoms with E-state index >= 15 is 0 Å². The van der Waals surface area contributed by atoms with Gasteiger partial charge in [-0.1, -0.05) is 68.8 Å². The summed E-state index contributed by atoms with van der Waals surface area (Å²) in [6, 6.07) is 19.7. The average Bonchev–Trinajstić information content (AvgIpc) is 3.10. The Bertz CT molecular complexity index is 995. The SMILES string of the molecule is CC/C=C\CC(=O)C(CCC)CCCc1cccc(-c2cc3ccccc3n2C)c1. The predicted octanol–water partition coefficient (Wildman–Crippen LogP) is 7.51. The van der Waals surface area contributed by atoms with E-state index in [2.05, 4.69) is 86.1 Å². The fourth-order valence-corrected chi connectivity index (χ4v) is 4.35. The molecule has 2 heteroatoms. The maximum atomic E-state index is 12.6. The van der Waals surface area contributed by atoms with Crippen LogP contribution in [-0.4, -0.2) is 10.4 Å². The Hall–Kier alpha value is -2.61. The molecule has 0 aliphatic carbocycles. The highest BCUT2D eigenvalue weighted by molar-refractivity contribution is 5.87. The van der Waals surface area contributed by atoms with Crippen LogP contribution in [0.15, 0.2) is 66.7 Å². The van der Waals surface area contributed by atoms with Crippen LogP contribution in [0.2, 0.25) is 0 Å². The van der Waals surface area contributed by atoms with E-state index in [1.807, 2.05) is 6.08 Å². The minimum absolute atomic E-state index is 0.206. The van der Waals surface area contributed by atoms with E-state index in [1.54, 1.807) is 0 Å². The first-order valence-electron chi connectivity index (χ1n) is 11.5. The fraction of sp³-hybridized carbons (Fsp3) is 0.393. The minimum Gasteiger partial charge on any atom is -0.344 e. The van der Waals surface area contributed by atoms with Gasteiger partial charge in [0.2, 0.25) is 0 Å². The maximum absolute atomic E-state index is 12.6. The van der Waals surface area contributed by atoms with Crippen molar-refractivity contribution in [3.8, 4) is 11.3 Å². The molecule has 0 aliphatic heterocycles. The molecule has 0 saturated carbocycles. The van der Waals surface area contributed by atoms with Gasteiger partial charge in [0, 0.05) is 36.0 Å². The number of rotatable bonds is 11. The molecule has 0 N–H and O–H groups in total. The van der Waals surface area contributed by atoms with Crippen LogP contribution in [0.3, 0.4) is 0 Å². The molecule has 1 unspecified atom stereocenters. The second kappa shape index (κ2) is 11.0. The number of hydrogen-bond donors (Lipinski definition) is 0. The summed E-state index contributed by atoms with van der Waals surface area (Å²) in [4.78, 5) is 12.6. The molecule has 0 amide bonds. The molecular formula is C28H35NO. The molecule has 158 valence electrons. The summed E-state index contributed by atoms with van der Waals surface area (Å²) in [6.45, 7) is 4.28. The zero-order chi connectivity index (χ0) is 21.3. The van der Waals surface area contributed by atoms with Crippen molar-refractivity contribution in [3.05, 3.63) is 72.3 Å². The third kappa shape index (κ3) is 5.50. The normalized spacial score (nSPS) is 12.6. The van der Waals surface area contributed by atoms with Crippen molar-refractivity contribution in [3.63, 3.8) is 0 Å². The van der Waals surface area contributed by atoms with Crippen LogP contribution in [0.25, 0.3) is 22.2 Å². The summed E-state index contributed by atoms with van der Waals surface area (Å²) >= 11 is 0. The van der Waals surface area contributed by atoms with E-state index in [9.17, 15) is 4.79 Å². The van der Waals surface area contributed by atoms with Crippen LogP contribution in [0, 0.1) is 5.92 Å². The van der Waals surface area contributed by atoms with Gasteiger partial charge in [0.15, 0.2) is 0 Å². The lowest BCUT2D eigenvalue weighted by molar-refractivity contribution is -0.122. The smallest absolute Gasteiger partial charge is 0.139 e. The van der Waals surface area contributed by atoms with E-state index < -0.39 is 0 Å². The van der Waals surface area contributed by atoms with Gasteiger partial charge < -0.3 is 4.57 Å². The van der Waals surface area contributed by atoms with Crippen LogP contribution < -0.4 is 0 Å². The van der Waals surface area contributed by atoms with E-state index in [4.69, 9.17) is 0 Å². The molecule has 1 atom stereocenters. The number of carbonyl (C=O) groups excluding carboxylic acids is 1. The van der Waals surface area contributed by atoms with E-state index in [1.165, 1.54) is 27.7 Å². The number of para-hydroxylation sites is 1. The zero-order valence-electron chi connectivity index (χ0n) is 18.7. The highest BCUT2D eigenvalue weighted by Crippen LogP contribution is 2.28. The molecule has 1 aromatic heterocycles. The first kappa shape index (κ1) is 22.1. The van der Waals surface area contributed by atoms with Gasteiger partial charge in [0.05, 0.1) is 0 Å². The van der Waals surface area contributed by atoms with Crippen molar-refractivity contribution in [2.24, 2.45) is 13.0 Å². The number of nitrogens with zero attached hydrogens (tertiary/aromatic N) is 1.